The summed E-state index contributed by atoms with van der Waals surface area (Å²) in [5, 5.41) is 5.18. The number of hydrogen-bond acceptors (Lipinski definition) is 2. The summed E-state index contributed by atoms with van der Waals surface area (Å²) in [7, 11) is 0. The Morgan fingerprint density at radius 1 is 0.353 bits per heavy atom. The van der Waals surface area contributed by atoms with Gasteiger partial charge in [0.15, 0.2) is 0 Å². The van der Waals surface area contributed by atoms with Crippen LogP contribution in [0.5, 0.6) is 0 Å². The monoisotopic (exact) mass is 668 g/mol. The van der Waals surface area contributed by atoms with Crippen LogP contribution in [0.4, 0.5) is 17.1 Å². The van der Waals surface area contributed by atoms with Crippen molar-refractivity contribution in [3.63, 3.8) is 0 Å². The summed E-state index contributed by atoms with van der Waals surface area (Å²) in [4.78, 5) is 2.36. The van der Waals surface area contributed by atoms with Gasteiger partial charge in [0, 0.05) is 53.7 Å². The van der Waals surface area contributed by atoms with Crippen molar-refractivity contribution in [3.05, 3.63) is 194 Å². The van der Waals surface area contributed by atoms with Gasteiger partial charge in [0.25, 0.3) is 0 Å². The van der Waals surface area contributed by atoms with Crippen LogP contribution < -0.4 is 4.90 Å². The summed E-state index contributed by atoms with van der Waals surface area (Å²) in [5.41, 5.74) is 11.8. The highest BCUT2D eigenvalue weighted by Gasteiger charge is 2.17. The molecule has 0 aliphatic carbocycles. The second kappa shape index (κ2) is 12.2. The lowest BCUT2D eigenvalue weighted by Gasteiger charge is -2.26. The van der Waals surface area contributed by atoms with Crippen molar-refractivity contribution in [2.24, 2.45) is 0 Å². The number of nitrogens with zero attached hydrogens (tertiary/aromatic N) is 2. The number of rotatable bonds is 6. The summed E-state index contributed by atoms with van der Waals surface area (Å²) in [6.45, 7) is 0. The lowest BCUT2D eigenvalue weighted by Crippen LogP contribution is -2.10. The summed E-state index contributed by atoms with van der Waals surface area (Å²) < 4.78 is 5.03. The molecule has 2 aromatic heterocycles. The summed E-state index contributed by atoms with van der Waals surface area (Å²) in [6, 6.07) is 70.3. The zero-order chi connectivity index (χ0) is 33.7. The number of thiophene rings is 1. The fraction of sp³-hybridized carbons (Fsp3) is 0. The van der Waals surface area contributed by atoms with Gasteiger partial charge in [-0.3, -0.25) is 0 Å². The molecule has 0 unspecified atom stereocenters. The minimum atomic E-state index is 1.10. The molecule has 0 saturated carbocycles. The second-order valence-electron chi connectivity index (χ2n) is 13.0. The van der Waals surface area contributed by atoms with Gasteiger partial charge >= 0.3 is 0 Å². The van der Waals surface area contributed by atoms with Gasteiger partial charge < -0.3 is 9.47 Å². The molecule has 240 valence electrons. The highest BCUT2D eigenvalue weighted by Crippen LogP contribution is 2.42. The Bertz CT molecular complexity index is 2770. The molecule has 2 heterocycles. The highest BCUT2D eigenvalue weighted by atomic mass is 32.1. The fourth-order valence-electron chi connectivity index (χ4n) is 7.60. The molecule has 0 amide bonds. The topological polar surface area (TPSA) is 8.17 Å². The van der Waals surface area contributed by atoms with Gasteiger partial charge in [-0.25, -0.2) is 0 Å². The normalized spacial score (nSPS) is 11.5. The van der Waals surface area contributed by atoms with Crippen LogP contribution >= 0.6 is 11.3 Å². The third-order valence-corrected chi connectivity index (χ3v) is 11.2. The van der Waals surface area contributed by atoms with Crippen LogP contribution in [0.3, 0.4) is 0 Å². The summed E-state index contributed by atoms with van der Waals surface area (Å²) in [6.07, 6.45) is 0. The van der Waals surface area contributed by atoms with Crippen LogP contribution in [0, 0.1) is 0 Å². The Kier molecular flexibility index (Phi) is 7.04. The van der Waals surface area contributed by atoms with Gasteiger partial charge in [0.05, 0.1) is 11.0 Å². The van der Waals surface area contributed by atoms with E-state index in [1.54, 1.807) is 0 Å². The molecule has 10 rings (SSSR count). The average molecular weight is 669 g/mol. The zero-order valence-corrected chi connectivity index (χ0v) is 28.6. The van der Waals surface area contributed by atoms with E-state index in [-0.39, 0.29) is 0 Å². The summed E-state index contributed by atoms with van der Waals surface area (Å²) >= 11 is 1.88. The van der Waals surface area contributed by atoms with E-state index in [0.29, 0.717) is 0 Å². The molecule has 0 aliphatic rings. The predicted octanol–water partition coefficient (Wildman–Crippen LogP) is 14.0. The van der Waals surface area contributed by atoms with Crippen molar-refractivity contribution in [1.29, 1.82) is 0 Å². The molecule has 0 saturated heterocycles. The molecule has 0 radical (unpaired) electrons. The van der Waals surface area contributed by atoms with E-state index in [0.717, 1.165) is 22.7 Å². The van der Waals surface area contributed by atoms with Crippen molar-refractivity contribution in [2.75, 3.05) is 4.90 Å². The molecular weight excluding hydrogens is 637 g/mol. The van der Waals surface area contributed by atoms with Crippen LogP contribution in [0.25, 0.3) is 69.9 Å². The van der Waals surface area contributed by atoms with Crippen LogP contribution in [-0.2, 0) is 0 Å². The summed E-state index contributed by atoms with van der Waals surface area (Å²) in [5.74, 6) is 0. The Morgan fingerprint density at radius 2 is 0.843 bits per heavy atom. The number of hydrogen-bond donors (Lipinski definition) is 0. The molecule has 8 aromatic carbocycles. The van der Waals surface area contributed by atoms with Crippen molar-refractivity contribution >= 4 is 70.4 Å². The molecule has 51 heavy (non-hydrogen) atoms. The van der Waals surface area contributed by atoms with Gasteiger partial charge in [-0.05, 0) is 89.0 Å². The largest absolute Gasteiger partial charge is 0.311 e. The predicted molar refractivity (Wildman–Crippen MR) is 219 cm³/mol. The van der Waals surface area contributed by atoms with E-state index in [4.69, 9.17) is 0 Å². The number of fused-ring (bicyclic) bond motifs is 6. The lowest BCUT2D eigenvalue weighted by molar-refractivity contribution is 1.17. The van der Waals surface area contributed by atoms with Crippen LogP contribution in [0.2, 0.25) is 0 Å². The third kappa shape index (κ3) is 5.01. The maximum Gasteiger partial charge on any atom is 0.0541 e. The maximum atomic E-state index is 2.37. The number of anilines is 3. The van der Waals surface area contributed by atoms with E-state index in [1.807, 2.05) is 11.3 Å². The van der Waals surface area contributed by atoms with Crippen molar-refractivity contribution in [3.8, 4) is 27.9 Å². The molecule has 0 N–H and O–H groups in total. The number of aromatic nitrogens is 1. The van der Waals surface area contributed by atoms with Crippen LogP contribution in [0.15, 0.2) is 194 Å². The quantitative estimate of drug-likeness (QED) is 0.171. The Hall–Kier alpha value is -6.42. The maximum absolute atomic E-state index is 2.37. The zero-order valence-electron chi connectivity index (χ0n) is 27.8. The Balaban J connectivity index is 1.07. The second-order valence-corrected chi connectivity index (χ2v) is 14.0. The third-order valence-electron chi connectivity index (χ3n) is 10.0. The molecule has 0 atom stereocenters. The fourth-order valence-corrected chi connectivity index (χ4v) is 8.84. The molecule has 0 aliphatic heterocycles. The first kappa shape index (κ1) is 29.5. The van der Waals surface area contributed by atoms with Gasteiger partial charge in [0.1, 0.15) is 0 Å². The Morgan fingerprint density at radius 3 is 1.49 bits per heavy atom. The van der Waals surface area contributed by atoms with Crippen LogP contribution in [0.1, 0.15) is 0 Å². The molecular formula is C48H32N2S. The van der Waals surface area contributed by atoms with E-state index in [9.17, 15) is 0 Å². The average Bonchev–Trinajstić information content (AvgIpc) is 3.75. The smallest absolute Gasteiger partial charge is 0.0541 e. The minimum Gasteiger partial charge on any atom is -0.311 e. The Labute approximate surface area is 300 Å². The van der Waals surface area contributed by atoms with Gasteiger partial charge in [-0.1, -0.05) is 127 Å². The van der Waals surface area contributed by atoms with E-state index >= 15 is 0 Å². The number of benzene rings is 8. The first-order valence-electron chi connectivity index (χ1n) is 17.4. The molecule has 10 aromatic rings. The molecule has 3 heteroatoms. The lowest BCUT2D eigenvalue weighted by atomic mass is 10.0. The first-order chi connectivity index (χ1) is 25.3. The molecule has 0 spiro atoms. The van der Waals surface area contributed by atoms with Gasteiger partial charge in [-0.2, -0.15) is 0 Å². The van der Waals surface area contributed by atoms with E-state index in [1.165, 1.54) is 64.2 Å². The van der Waals surface area contributed by atoms with E-state index < -0.39 is 0 Å². The van der Waals surface area contributed by atoms with Crippen LogP contribution in [-0.4, -0.2) is 4.57 Å². The van der Waals surface area contributed by atoms with Crippen molar-refractivity contribution in [2.45, 2.75) is 0 Å². The van der Waals surface area contributed by atoms with Crippen molar-refractivity contribution < 1.29 is 0 Å². The standard InChI is InChI=1S/C48H32N2S/c1-2-11-33(12-3-1)34-21-25-36(26-22-34)49(37-27-23-35(24-28-37)40-16-10-17-44-43-15-6-9-20-47(43)51-48(40)44)38-29-31-39(32-30-38)50-45-18-7-4-13-41(45)42-14-5-8-19-46(42)50/h1-32H. The van der Waals surface area contributed by atoms with Gasteiger partial charge in [0.2, 0.25) is 0 Å². The number of para-hydroxylation sites is 2. The van der Waals surface area contributed by atoms with E-state index in [2.05, 4.69) is 204 Å². The first-order valence-corrected chi connectivity index (χ1v) is 18.2. The minimum absolute atomic E-state index is 1.10. The molecule has 2 nitrogen and oxygen atoms in total. The van der Waals surface area contributed by atoms with Gasteiger partial charge in [-0.15, -0.1) is 11.3 Å². The van der Waals surface area contributed by atoms with Crippen molar-refractivity contribution in [1.82, 2.24) is 4.57 Å². The SMILES string of the molecule is c1ccc(-c2ccc(N(c3ccc(-c4cccc5c4sc4ccccc45)cc3)c3ccc(-n4c5ccccc5c5ccccc54)cc3)cc2)cc1. The molecule has 0 bridgehead atoms. The highest BCUT2D eigenvalue weighted by molar-refractivity contribution is 7.26. The molecule has 0 fully saturated rings.